The predicted octanol–water partition coefficient (Wildman–Crippen LogP) is 2.93. The molecule has 0 bridgehead atoms. The van der Waals surface area contributed by atoms with Gasteiger partial charge in [0.25, 0.3) is 0 Å². The van der Waals surface area contributed by atoms with Crippen LogP contribution in [0, 0.1) is 0 Å². The number of benzene rings is 1. The number of hydrogen-bond donors (Lipinski definition) is 1. The van der Waals surface area contributed by atoms with Gasteiger partial charge in [-0.3, -0.25) is 4.90 Å². The van der Waals surface area contributed by atoms with Crippen molar-refractivity contribution in [2.75, 3.05) is 58.2 Å². The van der Waals surface area contributed by atoms with Crippen molar-refractivity contribution in [3.05, 3.63) is 46.1 Å². The van der Waals surface area contributed by atoms with Crippen LogP contribution in [0.2, 0.25) is 10.0 Å². The van der Waals surface area contributed by atoms with Gasteiger partial charge < -0.3 is 14.8 Å². The number of fused-ring (bicyclic) bond motifs is 3. The first kappa shape index (κ1) is 20.7. The summed E-state index contributed by atoms with van der Waals surface area (Å²) < 4.78 is 2.17. The Balaban J connectivity index is 1.47. The van der Waals surface area contributed by atoms with Crippen LogP contribution in [0.5, 0.6) is 0 Å². The minimum atomic E-state index is 0.534. The van der Waals surface area contributed by atoms with Crippen molar-refractivity contribution >= 4 is 29.0 Å². The Bertz CT molecular complexity index is 1110. The molecule has 5 rings (SSSR count). The van der Waals surface area contributed by atoms with Gasteiger partial charge >= 0.3 is 0 Å². The summed E-state index contributed by atoms with van der Waals surface area (Å²) in [6.45, 7) is 7.69. The van der Waals surface area contributed by atoms with Crippen LogP contribution in [0.1, 0.15) is 0 Å². The highest BCUT2D eigenvalue weighted by Gasteiger charge is 2.24. The molecule has 0 aromatic heterocycles. The second-order valence-corrected chi connectivity index (χ2v) is 8.87. The van der Waals surface area contributed by atoms with Gasteiger partial charge in [0.05, 0.1) is 16.6 Å². The van der Waals surface area contributed by atoms with E-state index >= 15 is 0 Å². The maximum Gasteiger partial charge on any atom is 0.246 e. The number of halogens is 2. The number of pyridine rings is 1. The minimum absolute atomic E-state index is 0.534. The van der Waals surface area contributed by atoms with Crippen LogP contribution in [-0.4, -0.2) is 77.2 Å². The third-order valence-corrected chi connectivity index (χ3v) is 6.62. The Hall–Kier alpha value is -2.19. The zero-order valence-electron chi connectivity index (χ0n) is 17.5. The van der Waals surface area contributed by atoms with Crippen LogP contribution < -0.4 is 10.9 Å². The first-order valence-electron chi connectivity index (χ1n) is 10.6. The van der Waals surface area contributed by atoms with E-state index in [2.05, 4.69) is 42.8 Å². The molecule has 1 fully saturated rings. The zero-order valence-corrected chi connectivity index (χ0v) is 19.0. The monoisotopic (exact) mass is 457 g/mol. The van der Waals surface area contributed by atoms with Crippen molar-refractivity contribution < 1.29 is 0 Å². The molecular weight excluding hydrogens is 433 g/mol. The topological polar surface area (TPSA) is 61.6 Å². The van der Waals surface area contributed by atoms with Gasteiger partial charge in [0, 0.05) is 68.7 Å². The number of anilines is 1. The van der Waals surface area contributed by atoms with E-state index < -0.39 is 0 Å². The maximum atomic E-state index is 6.50. The number of piperazine rings is 1. The Morgan fingerprint density at radius 2 is 1.87 bits per heavy atom. The van der Waals surface area contributed by atoms with Gasteiger partial charge in [-0.2, -0.15) is 4.98 Å². The first-order valence-corrected chi connectivity index (χ1v) is 11.4. The molecular formula is C22H25Cl2N7. The standard InChI is InChI=1S/C22H25Cl2N7/c1-29-9-11-30(12-10-29)7-5-26-22-27-14-15-13-16(19-17(23)3-2-4-18(19)24)21-25-6-8-31(21)20(15)28-22/h2-4,13-14,25H,5-12H2,1H3. The van der Waals surface area contributed by atoms with Gasteiger partial charge in [-0.15, -0.1) is 0 Å². The highest BCUT2D eigenvalue weighted by atomic mass is 35.5. The van der Waals surface area contributed by atoms with E-state index in [0.717, 1.165) is 74.1 Å². The lowest BCUT2D eigenvalue weighted by atomic mass is 10.0. The molecule has 1 saturated heterocycles. The van der Waals surface area contributed by atoms with Gasteiger partial charge in [-0.25, -0.2) is 9.98 Å². The van der Waals surface area contributed by atoms with Gasteiger partial charge in [0.2, 0.25) is 5.62 Å². The van der Waals surface area contributed by atoms with E-state index in [1.807, 2.05) is 24.4 Å². The number of aromatic nitrogens is 3. The largest absolute Gasteiger partial charge is 0.369 e. The first-order chi connectivity index (χ1) is 15.1. The molecule has 162 valence electrons. The fraction of sp³-hybridized carbons (Fsp3) is 0.409. The molecule has 9 heteroatoms. The van der Waals surface area contributed by atoms with Crippen molar-refractivity contribution in [3.8, 4) is 22.5 Å². The summed E-state index contributed by atoms with van der Waals surface area (Å²) in [4.78, 5) is 18.7. The van der Waals surface area contributed by atoms with E-state index in [9.17, 15) is 0 Å². The number of rotatable bonds is 4. The highest BCUT2D eigenvalue weighted by Crippen LogP contribution is 2.42. The molecule has 4 aliphatic heterocycles. The fourth-order valence-electron chi connectivity index (χ4n) is 4.25. The Labute approximate surface area is 191 Å². The van der Waals surface area contributed by atoms with Gasteiger partial charge in [-0.05, 0) is 25.2 Å². The molecule has 0 unspecified atom stereocenters. The summed E-state index contributed by atoms with van der Waals surface area (Å²) in [5, 5.41) is 4.72. The second kappa shape index (κ2) is 8.74. The molecule has 4 heterocycles. The number of hydrogen-bond acceptors (Lipinski definition) is 6. The Kier molecular flexibility index (Phi) is 5.84. The summed E-state index contributed by atoms with van der Waals surface area (Å²) in [6, 6.07) is 7.63. The molecule has 0 saturated carbocycles. The lowest BCUT2D eigenvalue weighted by molar-refractivity contribution is 0.157. The Morgan fingerprint density at radius 3 is 2.65 bits per heavy atom. The quantitative estimate of drug-likeness (QED) is 0.652. The van der Waals surface area contributed by atoms with Gasteiger partial charge in [0.15, 0.2) is 0 Å². The highest BCUT2D eigenvalue weighted by molar-refractivity contribution is 6.39. The smallest absolute Gasteiger partial charge is 0.246 e. The minimum Gasteiger partial charge on any atom is -0.369 e. The summed E-state index contributed by atoms with van der Waals surface area (Å²) in [7, 11) is 2.17. The SMILES string of the molecule is CN1CCN(CCN=c2ncc3cc(-c4c(Cl)cccc4Cl)c4n(c-3n2)CCN4)CC1. The summed E-state index contributed by atoms with van der Waals surface area (Å²) in [5.74, 6) is 1.85. The van der Waals surface area contributed by atoms with E-state index in [0.29, 0.717) is 22.2 Å². The predicted molar refractivity (Wildman–Crippen MR) is 125 cm³/mol. The van der Waals surface area contributed by atoms with Crippen molar-refractivity contribution in [2.45, 2.75) is 6.54 Å². The maximum absolute atomic E-state index is 6.50. The van der Waals surface area contributed by atoms with Crippen LogP contribution in [-0.2, 0) is 6.54 Å². The van der Waals surface area contributed by atoms with Crippen molar-refractivity contribution in [1.29, 1.82) is 0 Å². The average molecular weight is 458 g/mol. The normalized spacial score (nSPS) is 17.8. The van der Waals surface area contributed by atoms with E-state index in [-0.39, 0.29) is 0 Å². The molecule has 0 radical (unpaired) electrons. The molecule has 1 aromatic carbocycles. The molecule has 1 aromatic rings. The van der Waals surface area contributed by atoms with E-state index in [4.69, 9.17) is 28.2 Å². The zero-order chi connectivity index (χ0) is 21.4. The van der Waals surface area contributed by atoms with Crippen LogP contribution in [0.15, 0.2) is 35.5 Å². The van der Waals surface area contributed by atoms with Crippen LogP contribution in [0.25, 0.3) is 22.5 Å². The summed E-state index contributed by atoms with van der Waals surface area (Å²) >= 11 is 13.0. The third-order valence-electron chi connectivity index (χ3n) is 5.99. The average Bonchev–Trinajstić information content (AvgIpc) is 3.26. The lowest BCUT2D eigenvalue weighted by Gasteiger charge is -2.31. The number of nitrogens with one attached hydrogen (secondary N) is 1. The Morgan fingerprint density at radius 1 is 1.10 bits per heavy atom. The van der Waals surface area contributed by atoms with Crippen molar-refractivity contribution in [2.24, 2.45) is 4.99 Å². The lowest BCUT2D eigenvalue weighted by Crippen LogP contribution is -2.45. The summed E-state index contributed by atoms with van der Waals surface area (Å²) in [5.41, 5.74) is 3.26. The number of nitrogens with zero attached hydrogens (tertiary/aromatic N) is 6. The second-order valence-electron chi connectivity index (χ2n) is 8.06. The molecule has 0 aliphatic carbocycles. The molecule has 7 nitrogen and oxygen atoms in total. The van der Waals surface area contributed by atoms with Crippen molar-refractivity contribution in [1.82, 2.24) is 24.3 Å². The molecule has 0 atom stereocenters. The van der Waals surface area contributed by atoms with E-state index in [1.54, 1.807) is 0 Å². The van der Waals surface area contributed by atoms with Gasteiger partial charge in [-0.1, -0.05) is 29.3 Å². The fourth-order valence-corrected chi connectivity index (χ4v) is 4.85. The molecule has 0 spiro atoms. The van der Waals surface area contributed by atoms with Crippen LogP contribution in [0.4, 0.5) is 5.82 Å². The van der Waals surface area contributed by atoms with Crippen molar-refractivity contribution in [3.63, 3.8) is 0 Å². The summed E-state index contributed by atoms with van der Waals surface area (Å²) in [6.07, 6.45) is 1.84. The third kappa shape index (κ3) is 4.15. The molecule has 1 N–H and O–H groups in total. The van der Waals surface area contributed by atoms with E-state index in [1.165, 1.54) is 0 Å². The van der Waals surface area contributed by atoms with Crippen LogP contribution >= 0.6 is 23.2 Å². The van der Waals surface area contributed by atoms with Gasteiger partial charge in [0.1, 0.15) is 11.6 Å². The molecule has 0 amide bonds. The molecule has 31 heavy (non-hydrogen) atoms. The van der Waals surface area contributed by atoms with Crippen LogP contribution in [0.3, 0.4) is 0 Å². The number of likely N-dealkylation sites (N-methyl/N-ethyl adjacent to an activating group) is 1. The molecule has 4 aliphatic rings.